The molecule has 302 valence electrons. The summed E-state index contributed by atoms with van der Waals surface area (Å²) in [6.07, 6.45) is 1.26. The van der Waals surface area contributed by atoms with Crippen molar-refractivity contribution in [1.29, 1.82) is 0 Å². The first-order valence-corrected chi connectivity index (χ1v) is 21.3. The van der Waals surface area contributed by atoms with Crippen molar-refractivity contribution in [3.63, 3.8) is 0 Å². The van der Waals surface area contributed by atoms with Crippen molar-refractivity contribution in [2.24, 2.45) is 0 Å². The van der Waals surface area contributed by atoms with E-state index < -0.39 is 18.8 Å². The number of nitrogens with one attached hydrogen (secondary N) is 2. The Hall–Kier alpha value is -5.33. The summed E-state index contributed by atoms with van der Waals surface area (Å²) in [6, 6.07) is 31.7. The van der Waals surface area contributed by atoms with E-state index in [-0.39, 0.29) is 42.6 Å². The number of carbonyl (C=O) groups excluding carboxylic acids is 4. The number of anilines is 2. The molecule has 0 fully saturated rings. The van der Waals surface area contributed by atoms with E-state index in [2.05, 4.69) is 10.6 Å². The molecule has 0 heterocycles. The van der Waals surface area contributed by atoms with E-state index in [0.29, 0.717) is 46.2 Å². The molecule has 0 spiro atoms. The van der Waals surface area contributed by atoms with Gasteiger partial charge in [0.05, 0.1) is 12.5 Å². The molecule has 9 nitrogen and oxygen atoms in total. The molecule has 1 atom stereocenters. The van der Waals surface area contributed by atoms with Gasteiger partial charge >= 0.3 is 7.37 Å². The number of aryl methyl sites for hydroxylation is 4. The van der Waals surface area contributed by atoms with E-state index in [1.165, 1.54) is 0 Å². The molecule has 0 radical (unpaired) electrons. The Balaban J connectivity index is 0.00000366. The van der Waals surface area contributed by atoms with Crippen molar-refractivity contribution in [1.82, 2.24) is 0 Å². The maximum absolute atomic E-state index is 14.4. The average molecular weight is 819 g/mol. The zero-order chi connectivity index (χ0) is 42.6. The van der Waals surface area contributed by atoms with Crippen LogP contribution in [0.25, 0.3) is 0 Å². The minimum Gasteiger partial charge on any atom is -0.326 e. The van der Waals surface area contributed by atoms with E-state index in [1.807, 2.05) is 94.4 Å². The van der Waals surface area contributed by atoms with E-state index in [4.69, 9.17) is 9.09 Å². The molecular formula is C47H52N2O7P2. The molecule has 2 amide bonds. The highest BCUT2D eigenvalue weighted by Gasteiger charge is 2.38. The van der Waals surface area contributed by atoms with Crippen LogP contribution in [-0.4, -0.2) is 29.7 Å². The third kappa shape index (κ3) is 10.4. The molecule has 5 rings (SSSR count). The Labute approximate surface area is 344 Å². The maximum atomic E-state index is 14.4. The zero-order valence-corrected chi connectivity index (χ0v) is 36.1. The van der Waals surface area contributed by atoms with E-state index in [9.17, 15) is 23.7 Å². The monoisotopic (exact) mass is 818 g/mol. The standard InChI is InChI=1S/C47H51N2O6P.HOP/c1-8-55-56(54,38-24-16-11-17-25-38)47(53)42-31(3)29-33(5)45(35(42)7)49-40(51)27-19-18-26-39(50)48-44-32(4)28-30(2)41(34(44)6)46(52)43(36-20-12-9-13-21-36)37-22-14-10-15-23-37;1-2/h9-17,20-25,28-29,43H,8,18-19,26-27H2,1-7H3,(H,48,50)(H,49,51);2H. The third-order valence-electron chi connectivity index (χ3n) is 10.2. The van der Waals surface area contributed by atoms with Gasteiger partial charge in [0, 0.05) is 40.6 Å². The number of hydrogen-bond donors (Lipinski definition) is 2. The number of hydrogen-bond acceptors (Lipinski definition) is 7. The summed E-state index contributed by atoms with van der Waals surface area (Å²) in [6.45, 7) is 12.9. The fourth-order valence-corrected chi connectivity index (χ4v) is 9.64. The Bertz CT molecular complexity index is 2270. The zero-order valence-electron chi connectivity index (χ0n) is 34.2. The van der Waals surface area contributed by atoms with Gasteiger partial charge in [0.1, 0.15) is 9.12 Å². The van der Waals surface area contributed by atoms with Crippen molar-refractivity contribution in [2.75, 3.05) is 17.2 Å². The van der Waals surface area contributed by atoms with Crippen LogP contribution in [0.5, 0.6) is 0 Å². The van der Waals surface area contributed by atoms with Crippen LogP contribution in [0.1, 0.15) is 104 Å². The Morgan fingerprint density at radius 2 is 1.00 bits per heavy atom. The molecule has 58 heavy (non-hydrogen) atoms. The second kappa shape index (κ2) is 20.9. The first-order chi connectivity index (χ1) is 27.8. The topological polar surface area (TPSA) is 136 Å². The molecule has 0 saturated heterocycles. The summed E-state index contributed by atoms with van der Waals surface area (Å²) in [7, 11) is -2.20. The maximum Gasteiger partial charge on any atom is 0.300 e. The molecule has 5 aromatic carbocycles. The predicted octanol–water partition coefficient (Wildman–Crippen LogP) is 10.9. The highest BCUT2D eigenvalue weighted by molar-refractivity contribution is 7.83. The number of ketones is 1. The number of unbranched alkanes of at least 4 members (excludes halogenated alkanes) is 1. The minimum absolute atomic E-state index is 0.0334. The molecule has 0 bridgehead atoms. The first-order valence-electron chi connectivity index (χ1n) is 19.3. The van der Waals surface area contributed by atoms with Gasteiger partial charge in [-0.05, 0) is 118 Å². The van der Waals surface area contributed by atoms with Crippen LogP contribution in [0.3, 0.4) is 0 Å². The summed E-state index contributed by atoms with van der Waals surface area (Å²) in [5, 5.41) is 6.35. The molecule has 11 heteroatoms. The minimum atomic E-state index is -3.92. The van der Waals surface area contributed by atoms with Gasteiger partial charge in [-0.25, -0.2) is 0 Å². The summed E-state index contributed by atoms with van der Waals surface area (Å²) in [4.78, 5) is 54.9. The van der Waals surface area contributed by atoms with Crippen LogP contribution in [0, 0.1) is 41.5 Å². The quantitative estimate of drug-likeness (QED) is 0.0575. The molecular weight excluding hydrogens is 766 g/mol. The van der Waals surface area contributed by atoms with Crippen LogP contribution < -0.4 is 15.9 Å². The molecule has 0 saturated carbocycles. The van der Waals surface area contributed by atoms with Gasteiger partial charge in [-0.15, -0.1) is 0 Å². The fourth-order valence-electron chi connectivity index (χ4n) is 7.57. The van der Waals surface area contributed by atoms with Gasteiger partial charge in [0.25, 0.3) is 5.52 Å². The number of carbonyl (C=O) groups is 4. The average Bonchev–Trinajstić information content (AvgIpc) is 3.21. The van der Waals surface area contributed by atoms with Crippen LogP contribution in [0.15, 0.2) is 103 Å². The summed E-state index contributed by atoms with van der Waals surface area (Å²) in [5.74, 6) is -0.992. The Kier molecular flexibility index (Phi) is 16.4. The molecule has 0 aliphatic carbocycles. The van der Waals surface area contributed by atoms with E-state index >= 15 is 0 Å². The van der Waals surface area contributed by atoms with Crippen molar-refractivity contribution in [3.8, 4) is 0 Å². The van der Waals surface area contributed by atoms with Crippen molar-refractivity contribution in [3.05, 3.63) is 159 Å². The second-order valence-electron chi connectivity index (χ2n) is 14.3. The van der Waals surface area contributed by atoms with Gasteiger partial charge in [-0.2, -0.15) is 0 Å². The number of benzene rings is 5. The highest BCUT2D eigenvalue weighted by atomic mass is 31.2. The van der Waals surface area contributed by atoms with Gasteiger partial charge < -0.3 is 15.2 Å². The number of rotatable bonds is 16. The molecule has 1 unspecified atom stereocenters. The van der Waals surface area contributed by atoms with Crippen LogP contribution >= 0.6 is 16.5 Å². The Morgan fingerprint density at radius 3 is 1.43 bits per heavy atom. The highest BCUT2D eigenvalue weighted by Crippen LogP contribution is 2.50. The molecule has 0 aliphatic rings. The molecule has 0 aliphatic heterocycles. The largest absolute Gasteiger partial charge is 0.326 e. The normalized spacial score (nSPS) is 11.9. The number of Topliss-reactive ketones (excluding diaryl/α,β-unsaturated/α-hetero) is 1. The van der Waals surface area contributed by atoms with Gasteiger partial charge in [-0.1, -0.05) is 91.0 Å². The Morgan fingerprint density at radius 1 is 0.603 bits per heavy atom. The van der Waals surface area contributed by atoms with Gasteiger partial charge in [0.2, 0.25) is 11.8 Å². The lowest BCUT2D eigenvalue weighted by Crippen LogP contribution is -2.20. The molecule has 5 aromatic rings. The summed E-state index contributed by atoms with van der Waals surface area (Å²) >= 11 is 0. The first kappa shape index (κ1) is 45.4. The second-order valence-corrected chi connectivity index (χ2v) is 16.6. The molecule has 0 aromatic heterocycles. The van der Waals surface area contributed by atoms with Crippen molar-refractivity contribution in [2.45, 2.75) is 80.1 Å². The van der Waals surface area contributed by atoms with Crippen LogP contribution in [-0.2, 0) is 23.2 Å². The van der Waals surface area contributed by atoms with Crippen molar-refractivity contribution < 1.29 is 32.8 Å². The fraction of sp³-hybridized carbons (Fsp3) is 0.277. The summed E-state index contributed by atoms with van der Waals surface area (Å²) < 4.78 is 27.8. The third-order valence-corrected chi connectivity index (χ3v) is 12.6. The smallest absolute Gasteiger partial charge is 0.300 e. The van der Waals surface area contributed by atoms with Crippen molar-refractivity contribution >= 4 is 56.3 Å². The SMILES string of the molecule is CCOP(=O)(C(=O)c1c(C)cc(C)c(NC(=O)CCCCC(=O)Nc2c(C)cc(C)c(C(=O)C(c3ccccc3)c3ccccc3)c2C)c1C)c1ccccc1.O=P. The lowest BCUT2D eigenvalue weighted by atomic mass is 9.81. The van der Waals surface area contributed by atoms with Crippen LogP contribution in [0.2, 0.25) is 0 Å². The predicted molar refractivity (Wildman–Crippen MR) is 235 cm³/mol. The lowest BCUT2D eigenvalue weighted by Gasteiger charge is -2.22. The van der Waals surface area contributed by atoms with Crippen LogP contribution in [0.4, 0.5) is 11.4 Å². The van der Waals surface area contributed by atoms with E-state index in [0.717, 1.165) is 33.4 Å². The lowest BCUT2D eigenvalue weighted by molar-refractivity contribution is -0.118. The van der Waals surface area contributed by atoms with E-state index in [1.54, 1.807) is 66.3 Å². The molecule has 2 N–H and O–H groups in total. The summed E-state index contributed by atoms with van der Waals surface area (Å²) in [5.41, 5.74) is 7.55. The van der Waals surface area contributed by atoms with Gasteiger partial charge in [0.15, 0.2) is 5.78 Å². The van der Waals surface area contributed by atoms with Gasteiger partial charge in [-0.3, -0.25) is 28.3 Å². The number of amides is 2.